The first-order valence-electron chi connectivity index (χ1n) is 12.7. The van der Waals surface area contributed by atoms with Crippen molar-refractivity contribution >= 4 is 17.8 Å². The Morgan fingerprint density at radius 1 is 1.03 bits per heavy atom. The molecule has 3 aliphatic heterocycles. The number of carbonyl (C=O) groups is 3. The summed E-state index contributed by atoms with van der Waals surface area (Å²) in [5, 5.41) is 9.55. The van der Waals surface area contributed by atoms with E-state index in [-0.39, 0.29) is 42.7 Å². The SMILES string of the molecule is N#C[C@@H]1C[C@@H]2C[C@@]2(OC(=O)C(F)(F)F)N1C(=O)[C@@H](N)C1CC2CCC(C1)N2C(=O)C1CCCCC1. The lowest BCUT2D eigenvalue weighted by Gasteiger charge is -2.43. The van der Waals surface area contributed by atoms with Crippen LogP contribution in [0.3, 0.4) is 0 Å². The minimum atomic E-state index is -5.19. The number of rotatable bonds is 4. The highest BCUT2D eigenvalue weighted by molar-refractivity contribution is 5.85. The van der Waals surface area contributed by atoms with Crippen LogP contribution in [0, 0.1) is 29.1 Å². The van der Waals surface area contributed by atoms with Gasteiger partial charge in [-0.3, -0.25) is 14.5 Å². The van der Waals surface area contributed by atoms with Gasteiger partial charge < -0.3 is 15.4 Å². The highest BCUT2D eigenvalue weighted by Gasteiger charge is 2.72. The fraction of sp³-hybridized carbons (Fsp3) is 0.833. The Morgan fingerprint density at radius 3 is 2.23 bits per heavy atom. The van der Waals surface area contributed by atoms with E-state index in [0.29, 0.717) is 12.8 Å². The predicted molar refractivity (Wildman–Crippen MR) is 115 cm³/mol. The zero-order chi connectivity index (χ0) is 25.1. The van der Waals surface area contributed by atoms with Gasteiger partial charge in [-0.1, -0.05) is 19.3 Å². The van der Waals surface area contributed by atoms with E-state index < -0.39 is 41.8 Å². The third-order valence-corrected chi connectivity index (χ3v) is 8.90. The second-order valence-electron chi connectivity index (χ2n) is 10.9. The van der Waals surface area contributed by atoms with Gasteiger partial charge in [-0.25, -0.2) is 4.79 Å². The van der Waals surface area contributed by atoms with Crippen LogP contribution in [-0.4, -0.2) is 63.7 Å². The van der Waals surface area contributed by atoms with Crippen LogP contribution in [0.25, 0.3) is 0 Å². The minimum absolute atomic E-state index is 0.00283. The van der Waals surface area contributed by atoms with Gasteiger partial charge >= 0.3 is 12.1 Å². The smallest absolute Gasteiger partial charge is 0.432 e. The van der Waals surface area contributed by atoms with Crippen molar-refractivity contribution in [3.63, 3.8) is 0 Å². The molecule has 5 aliphatic rings. The Labute approximate surface area is 201 Å². The fourth-order valence-electron chi connectivity index (χ4n) is 7.13. The first kappa shape index (κ1) is 24.3. The zero-order valence-corrected chi connectivity index (χ0v) is 19.5. The summed E-state index contributed by atoms with van der Waals surface area (Å²) < 4.78 is 43.4. The maximum absolute atomic E-state index is 13.5. The molecule has 5 rings (SSSR count). The van der Waals surface area contributed by atoms with Crippen molar-refractivity contribution in [2.45, 2.75) is 107 Å². The van der Waals surface area contributed by atoms with E-state index in [1.165, 1.54) is 0 Å². The summed E-state index contributed by atoms with van der Waals surface area (Å²) in [6.45, 7) is 0. The molecule has 2 unspecified atom stereocenters. The lowest BCUT2D eigenvalue weighted by atomic mass is 9.82. The number of ether oxygens (including phenoxy) is 1. The van der Waals surface area contributed by atoms with Crippen molar-refractivity contribution in [2.75, 3.05) is 0 Å². The van der Waals surface area contributed by atoms with Gasteiger partial charge in [0.15, 0.2) is 5.72 Å². The summed E-state index contributed by atoms with van der Waals surface area (Å²) in [4.78, 5) is 41.3. The number of likely N-dealkylation sites (tertiary alicyclic amines) is 1. The summed E-state index contributed by atoms with van der Waals surface area (Å²) in [5.74, 6) is -3.50. The van der Waals surface area contributed by atoms with Gasteiger partial charge in [0.1, 0.15) is 6.04 Å². The van der Waals surface area contributed by atoms with Gasteiger partial charge in [0.2, 0.25) is 11.8 Å². The van der Waals surface area contributed by atoms with Crippen molar-refractivity contribution in [1.29, 1.82) is 5.26 Å². The molecule has 2 N–H and O–H groups in total. The molecule has 5 fully saturated rings. The molecular weight excluding hydrogens is 465 g/mol. The molecule has 2 amide bonds. The molecule has 2 saturated carbocycles. The quantitative estimate of drug-likeness (QED) is 0.598. The van der Waals surface area contributed by atoms with Crippen LogP contribution in [0.4, 0.5) is 13.2 Å². The molecular formula is C24H31F3N4O4. The van der Waals surface area contributed by atoms with Crippen LogP contribution in [0.2, 0.25) is 0 Å². The summed E-state index contributed by atoms with van der Waals surface area (Å²) >= 11 is 0. The maximum Gasteiger partial charge on any atom is 0.491 e. The van der Waals surface area contributed by atoms with E-state index in [0.717, 1.165) is 49.8 Å². The molecule has 0 spiro atoms. The van der Waals surface area contributed by atoms with E-state index >= 15 is 0 Å². The molecule has 3 saturated heterocycles. The zero-order valence-electron chi connectivity index (χ0n) is 19.5. The number of amides is 2. The molecule has 0 aromatic carbocycles. The Kier molecular flexibility index (Phi) is 6.01. The third kappa shape index (κ3) is 4.07. The predicted octanol–water partition coefficient (Wildman–Crippen LogP) is 2.61. The maximum atomic E-state index is 13.5. The molecule has 2 aliphatic carbocycles. The summed E-state index contributed by atoms with van der Waals surface area (Å²) in [5.41, 5.74) is 4.66. The molecule has 35 heavy (non-hydrogen) atoms. The number of alkyl halides is 3. The normalized spacial score (nSPS) is 37.4. The number of hydrogen-bond donors (Lipinski definition) is 1. The van der Waals surface area contributed by atoms with Gasteiger partial charge in [0.25, 0.3) is 0 Å². The van der Waals surface area contributed by atoms with Crippen molar-refractivity contribution in [3.05, 3.63) is 0 Å². The molecule has 8 nitrogen and oxygen atoms in total. The number of hydrogen-bond acceptors (Lipinski definition) is 6. The van der Waals surface area contributed by atoms with Gasteiger partial charge in [-0.05, 0) is 50.9 Å². The van der Waals surface area contributed by atoms with Gasteiger partial charge in [0, 0.05) is 30.3 Å². The number of esters is 1. The Morgan fingerprint density at radius 2 is 1.66 bits per heavy atom. The van der Waals surface area contributed by atoms with Crippen LogP contribution in [0.15, 0.2) is 0 Å². The second-order valence-corrected chi connectivity index (χ2v) is 10.9. The third-order valence-electron chi connectivity index (χ3n) is 8.90. The van der Waals surface area contributed by atoms with Gasteiger partial charge in [-0.15, -0.1) is 0 Å². The molecule has 0 radical (unpaired) electrons. The largest absolute Gasteiger partial charge is 0.491 e. The molecule has 0 aromatic heterocycles. The number of nitrogens with zero attached hydrogens (tertiary/aromatic N) is 3. The highest BCUT2D eigenvalue weighted by Crippen LogP contribution is 2.59. The Balaban J connectivity index is 1.29. The molecule has 3 heterocycles. The molecule has 192 valence electrons. The number of fused-ring (bicyclic) bond motifs is 3. The van der Waals surface area contributed by atoms with Crippen molar-refractivity contribution in [1.82, 2.24) is 9.80 Å². The van der Waals surface area contributed by atoms with Gasteiger partial charge in [-0.2, -0.15) is 18.4 Å². The fourth-order valence-corrected chi connectivity index (χ4v) is 7.13. The first-order valence-corrected chi connectivity index (χ1v) is 12.7. The van der Waals surface area contributed by atoms with E-state index in [9.17, 15) is 32.8 Å². The van der Waals surface area contributed by atoms with E-state index in [2.05, 4.69) is 0 Å². The average Bonchev–Trinajstić information content (AvgIpc) is 3.33. The lowest BCUT2D eigenvalue weighted by molar-refractivity contribution is -0.217. The summed E-state index contributed by atoms with van der Waals surface area (Å²) in [7, 11) is 0. The standard InChI is InChI=1S/C24H31F3N4O4/c25-24(26,27)22(34)35-23-11-15(23)10-18(12-28)31(23)21(33)19(29)14-8-16-6-7-17(9-14)30(16)20(32)13-4-2-1-3-5-13/h13-19H,1-11,29H2/t14?,15-,16?,17?,18+,19+,23+/m1/s1. The minimum Gasteiger partial charge on any atom is -0.432 e. The number of nitriles is 1. The van der Waals surface area contributed by atoms with E-state index in [4.69, 9.17) is 10.5 Å². The second kappa shape index (κ2) is 8.64. The van der Waals surface area contributed by atoms with Crippen LogP contribution in [0.5, 0.6) is 0 Å². The van der Waals surface area contributed by atoms with E-state index in [1.54, 1.807) is 0 Å². The summed E-state index contributed by atoms with van der Waals surface area (Å²) in [6.07, 6.45) is 2.96. The summed E-state index contributed by atoms with van der Waals surface area (Å²) in [6, 6.07) is -0.0597. The highest BCUT2D eigenvalue weighted by atomic mass is 19.4. The van der Waals surface area contributed by atoms with E-state index in [1.807, 2.05) is 11.0 Å². The Hall–Kier alpha value is -2.35. The van der Waals surface area contributed by atoms with Crippen molar-refractivity contribution in [3.8, 4) is 6.07 Å². The Bertz CT molecular complexity index is 932. The van der Waals surface area contributed by atoms with Crippen LogP contribution >= 0.6 is 0 Å². The molecule has 6 atom stereocenters. The first-order chi connectivity index (χ1) is 16.6. The van der Waals surface area contributed by atoms with Crippen molar-refractivity contribution < 1.29 is 32.3 Å². The molecule has 11 heteroatoms. The topological polar surface area (TPSA) is 117 Å². The lowest BCUT2D eigenvalue weighted by Crippen LogP contribution is -2.58. The van der Waals surface area contributed by atoms with Crippen LogP contribution in [0.1, 0.15) is 70.6 Å². The number of piperidine rings is 2. The number of carbonyl (C=O) groups excluding carboxylic acids is 3. The number of nitrogens with two attached hydrogens (primary N) is 1. The van der Waals surface area contributed by atoms with Crippen molar-refractivity contribution in [2.24, 2.45) is 23.5 Å². The van der Waals surface area contributed by atoms with Crippen LogP contribution in [-0.2, 0) is 19.1 Å². The van der Waals surface area contributed by atoms with Crippen LogP contribution < -0.4 is 5.73 Å². The molecule has 0 aromatic rings. The molecule has 2 bridgehead atoms. The monoisotopic (exact) mass is 496 g/mol. The average molecular weight is 497 g/mol. The number of halogens is 3. The van der Waals surface area contributed by atoms with Gasteiger partial charge in [0.05, 0.1) is 12.1 Å².